The van der Waals surface area contributed by atoms with Gasteiger partial charge in [-0.15, -0.1) is 0 Å². The molecule has 1 aliphatic rings. The molecular formula is C12H22N2O4. The second kappa shape index (κ2) is 6.58. The smallest absolute Gasteiger partial charge is 0.320 e. The predicted octanol–water partition coefficient (Wildman–Crippen LogP) is 1.01. The van der Waals surface area contributed by atoms with Crippen LogP contribution in [0.4, 0.5) is 4.79 Å². The van der Waals surface area contributed by atoms with Crippen LogP contribution in [0.1, 0.15) is 26.7 Å². The highest BCUT2D eigenvalue weighted by Gasteiger charge is 2.32. The summed E-state index contributed by atoms with van der Waals surface area (Å²) in [4.78, 5) is 26.0. The van der Waals surface area contributed by atoms with Gasteiger partial charge >= 0.3 is 12.0 Å². The van der Waals surface area contributed by atoms with Gasteiger partial charge in [-0.25, -0.2) is 4.79 Å². The average molecular weight is 258 g/mol. The number of nitrogens with zero attached hydrogens (tertiary/aromatic N) is 2. The fourth-order valence-electron chi connectivity index (χ4n) is 2.21. The molecule has 0 saturated carbocycles. The van der Waals surface area contributed by atoms with Crippen LogP contribution in [0.5, 0.6) is 0 Å². The molecule has 2 amide bonds. The maximum absolute atomic E-state index is 12.2. The van der Waals surface area contributed by atoms with Gasteiger partial charge in [0.05, 0.1) is 18.6 Å². The van der Waals surface area contributed by atoms with Crippen molar-refractivity contribution < 1.29 is 19.4 Å². The van der Waals surface area contributed by atoms with E-state index in [0.29, 0.717) is 13.2 Å². The molecule has 0 aliphatic carbocycles. The van der Waals surface area contributed by atoms with Gasteiger partial charge in [-0.3, -0.25) is 4.79 Å². The normalized spacial score (nSPS) is 22.8. The number of carboxylic acid groups (broad SMARTS) is 1. The Morgan fingerprint density at radius 1 is 1.44 bits per heavy atom. The zero-order chi connectivity index (χ0) is 13.7. The lowest BCUT2D eigenvalue weighted by molar-refractivity contribution is -0.137. The molecule has 0 aromatic rings. The van der Waals surface area contributed by atoms with Crippen LogP contribution in [0.3, 0.4) is 0 Å². The fraction of sp³-hybridized carbons (Fsp3) is 0.833. The number of hydrogen-bond donors (Lipinski definition) is 1. The van der Waals surface area contributed by atoms with Crippen molar-refractivity contribution in [1.82, 2.24) is 9.80 Å². The summed E-state index contributed by atoms with van der Waals surface area (Å²) < 4.78 is 5.44. The quantitative estimate of drug-likeness (QED) is 0.799. The molecule has 0 radical (unpaired) electrons. The first-order chi connectivity index (χ1) is 8.47. The number of carbonyl (C=O) groups is 2. The Bertz CT molecular complexity index is 308. The Balaban J connectivity index is 2.56. The number of ether oxygens (including phenoxy) is 1. The van der Waals surface area contributed by atoms with Crippen LogP contribution in [-0.2, 0) is 9.53 Å². The number of hydrogen-bond acceptors (Lipinski definition) is 3. The first-order valence-corrected chi connectivity index (χ1v) is 6.32. The molecule has 1 N–H and O–H groups in total. The molecule has 104 valence electrons. The van der Waals surface area contributed by atoms with E-state index in [0.717, 1.165) is 6.42 Å². The Kier molecular flexibility index (Phi) is 5.40. The summed E-state index contributed by atoms with van der Waals surface area (Å²) in [5.74, 6) is -0.888. The fourth-order valence-corrected chi connectivity index (χ4v) is 2.21. The molecule has 1 fully saturated rings. The molecule has 0 spiro atoms. The molecule has 1 rings (SSSR count). The monoisotopic (exact) mass is 258 g/mol. The van der Waals surface area contributed by atoms with E-state index in [1.54, 1.807) is 16.8 Å². The highest BCUT2D eigenvalue weighted by atomic mass is 16.5. The Hall–Kier alpha value is -1.30. The third kappa shape index (κ3) is 3.60. The Morgan fingerprint density at radius 2 is 2.11 bits per heavy atom. The molecule has 1 aliphatic heterocycles. The topological polar surface area (TPSA) is 70.1 Å². The third-order valence-electron chi connectivity index (χ3n) is 3.38. The van der Waals surface area contributed by atoms with Crippen LogP contribution in [0, 0.1) is 0 Å². The molecule has 18 heavy (non-hydrogen) atoms. The third-order valence-corrected chi connectivity index (χ3v) is 3.38. The van der Waals surface area contributed by atoms with Gasteiger partial charge in [-0.2, -0.15) is 0 Å². The Morgan fingerprint density at radius 3 is 2.56 bits per heavy atom. The summed E-state index contributed by atoms with van der Waals surface area (Å²) in [6.45, 7) is 5.23. The standard InChI is InChI=1S/C12H22N2O4/c1-4-14(7-5-11(15)16)12(17)13(3)10-6-8-18-9(10)2/h9-10H,4-8H2,1-3H3,(H,15,16). The SMILES string of the molecule is CCN(CCC(=O)O)C(=O)N(C)C1CCOC1C. The molecule has 2 unspecified atom stereocenters. The summed E-state index contributed by atoms with van der Waals surface area (Å²) in [5, 5.41) is 8.66. The van der Waals surface area contributed by atoms with E-state index < -0.39 is 5.97 Å². The zero-order valence-corrected chi connectivity index (χ0v) is 11.3. The number of carbonyl (C=O) groups excluding carboxylic acids is 1. The van der Waals surface area contributed by atoms with E-state index in [4.69, 9.17) is 9.84 Å². The average Bonchev–Trinajstić information content (AvgIpc) is 2.74. The van der Waals surface area contributed by atoms with Crippen molar-refractivity contribution in [3.05, 3.63) is 0 Å². The maximum Gasteiger partial charge on any atom is 0.320 e. The van der Waals surface area contributed by atoms with E-state index in [9.17, 15) is 9.59 Å². The van der Waals surface area contributed by atoms with Gasteiger partial charge in [0.2, 0.25) is 0 Å². The van der Waals surface area contributed by atoms with Crippen molar-refractivity contribution in [2.45, 2.75) is 38.8 Å². The molecule has 2 atom stereocenters. The second-order valence-corrected chi connectivity index (χ2v) is 4.55. The minimum absolute atomic E-state index is 0.0237. The first kappa shape index (κ1) is 14.8. The van der Waals surface area contributed by atoms with Gasteiger partial charge in [-0.1, -0.05) is 0 Å². The second-order valence-electron chi connectivity index (χ2n) is 4.55. The number of carboxylic acids is 1. The van der Waals surface area contributed by atoms with Crippen LogP contribution in [0.15, 0.2) is 0 Å². The molecule has 0 aromatic carbocycles. The van der Waals surface area contributed by atoms with Crippen LogP contribution in [-0.4, -0.2) is 65.8 Å². The Labute approximate surface area is 107 Å². The van der Waals surface area contributed by atoms with Gasteiger partial charge < -0.3 is 19.6 Å². The van der Waals surface area contributed by atoms with E-state index in [2.05, 4.69) is 0 Å². The van der Waals surface area contributed by atoms with Crippen molar-refractivity contribution in [3.63, 3.8) is 0 Å². The molecule has 0 bridgehead atoms. The largest absolute Gasteiger partial charge is 0.481 e. The van der Waals surface area contributed by atoms with Crippen molar-refractivity contribution in [2.75, 3.05) is 26.7 Å². The van der Waals surface area contributed by atoms with Crippen LogP contribution >= 0.6 is 0 Å². The molecule has 1 saturated heterocycles. The minimum Gasteiger partial charge on any atom is -0.481 e. The van der Waals surface area contributed by atoms with Gasteiger partial charge in [-0.05, 0) is 20.3 Å². The van der Waals surface area contributed by atoms with Crippen molar-refractivity contribution in [1.29, 1.82) is 0 Å². The van der Waals surface area contributed by atoms with Crippen LogP contribution < -0.4 is 0 Å². The summed E-state index contributed by atoms with van der Waals surface area (Å²) in [7, 11) is 1.75. The summed E-state index contributed by atoms with van der Waals surface area (Å²) in [6.07, 6.45) is 0.849. The van der Waals surface area contributed by atoms with Gasteiger partial charge in [0, 0.05) is 26.7 Å². The zero-order valence-electron chi connectivity index (χ0n) is 11.3. The molecule has 6 heteroatoms. The number of urea groups is 1. The number of rotatable bonds is 5. The summed E-state index contributed by atoms with van der Waals surface area (Å²) in [5.41, 5.74) is 0. The van der Waals surface area contributed by atoms with E-state index >= 15 is 0 Å². The van der Waals surface area contributed by atoms with Crippen molar-refractivity contribution in [3.8, 4) is 0 Å². The first-order valence-electron chi connectivity index (χ1n) is 6.32. The summed E-state index contributed by atoms with van der Waals surface area (Å²) >= 11 is 0. The van der Waals surface area contributed by atoms with Gasteiger partial charge in [0.25, 0.3) is 0 Å². The molecule has 0 aromatic heterocycles. The minimum atomic E-state index is -0.888. The molecular weight excluding hydrogens is 236 g/mol. The molecule has 6 nitrogen and oxygen atoms in total. The number of aliphatic carboxylic acids is 1. The molecule has 1 heterocycles. The lowest BCUT2D eigenvalue weighted by atomic mass is 10.1. The number of amides is 2. The van der Waals surface area contributed by atoms with Gasteiger partial charge in [0.1, 0.15) is 0 Å². The lowest BCUT2D eigenvalue weighted by Gasteiger charge is -2.32. The van der Waals surface area contributed by atoms with Crippen molar-refractivity contribution in [2.24, 2.45) is 0 Å². The van der Waals surface area contributed by atoms with Crippen molar-refractivity contribution >= 4 is 12.0 Å². The lowest BCUT2D eigenvalue weighted by Crippen LogP contribution is -2.48. The van der Waals surface area contributed by atoms with Gasteiger partial charge in [0.15, 0.2) is 0 Å². The van der Waals surface area contributed by atoms with E-state index in [1.807, 2.05) is 13.8 Å². The highest BCUT2D eigenvalue weighted by molar-refractivity contribution is 5.75. The van der Waals surface area contributed by atoms with E-state index in [-0.39, 0.29) is 31.1 Å². The number of likely N-dealkylation sites (N-methyl/N-ethyl adjacent to an activating group) is 1. The highest BCUT2D eigenvalue weighted by Crippen LogP contribution is 2.19. The maximum atomic E-state index is 12.2. The van der Waals surface area contributed by atoms with Crippen LogP contribution in [0.2, 0.25) is 0 Å². The van der Waals surface area contributed by atoms with Crippen LogP contribution in [0.25, 0.3) is 0 Å². The van der Waals surface area contributed by atoms with E-state index in [1.165, 1.54) is 0 Å². The summed E-state index contributed by atoms with van der Waals surface area (Å²) in [6, 6.07) is -0.0440. The predicted molar refractivity (Wildman–Crippen MR) is 66.5 cm³/mol.